The molecule has 0 amide bonds. The third kappa shape index (κ3) is 2.75. The van der Waals surface area contributed by atoms with Crippen LogP contribution in [-0.2, 0) is 4.79 Å². The van der Waals surface area contributed by atoms with Crippen molar-refractivity contribution in [1.82, 2.24) is 0 Å². The molecule has 0 saturated heterocycles. The average Bonchev–Trinajstić information content (AvgIpc) is 2.38. The third-order valence-corrected chi connectivity index (χ3v) is 4.04. The highest BCUT2D eigenvalue weighted by atomic mass is 79.9. The lowest BCUT2D eigenvalue weighted by Crippen LogP contribution is -2.27. The summed E-state index contributed by atoms with van der Waals surface area (Å²) < 4.78 is 0.919. The summed E-state index contributed by atoms with van der Waals surface area (Å²) in [5.41, 5.74) is -0.497. The van der Waals surface area contributed by atoms with Crippen LogP contribution in [-0.4, -0.2) is 16.9 Å². The molecule has 0 aliphatic carbocycles. The van der Waals surface area contributed by atoms with E-state index in [4.69, 9.17) is 5.11 Å². The molecule has 0 bridgehead atoms. The first kappa shape index (κ1) is 14.7. The van der Waals surface area contributed by atoms with E-state index in [1.807, 2.05) is 30.3 Å². The molecular weight excluding hydrogens is 320 g/mol. The van der Waals surface area contributed by atoms with Crippen molar-refractivity contribution in [2.45, 2.75) is 20.3 Å². The molecule has 20 heavy (non-hydrogen) atoms. The van der Waals surface area contributed by atoms with Gasteiger partial charge < -0.3 is 5.11 Å². The predicted molar refractivity (Wildman–Crippen MR) is 82.0 cm³/mol. The Balaban J connectivity index is 2.46. The topological polar surface area (TPSA) is 54.4 Å². The van der Waals surface area contributed by atoms with E-state index in [2.05, 4.69) is 15.9 Å². The number of aliphatic carboxylic acids is 1. The van der Waals surface area contributed by atoms with E-state index in [9.17, 15) is 9.59 Å². The molecule has 4 heteroatoms. The van der Waals surface area contributed by atoms with Gasteiger partial charge in [-0.3, -0.25) is 9.59 Å². The standard InChI is InChI=1S/C16H15BrO3/c1-16(2,15(19)20)9-14(18)12-7-8-13(17)11-6-4-3-5-10(11)12/h3-8H,9H2,1-2H3,(H,19,20). The predicted octanol–water partition coefficient (Wildman–Crippen LogP) is 4.29. The van der Waals surface area contributed by atoms with Crippen molar-refractivity contribution >= 4 is 38.5 Å². The van der Waals surface area contributed by atoms with Gasteiger partial charge in [-0.15, -0.1) is 0 Å². The summed E-state index contributed by atoms with van der Waals surface area (Å²) >= 11 is 3.46. The summed E-state index contributed by atoms with van der Waals surface area (Å²) in [4.78, 5) is 23.6. The highest BCUT2D eigenvalue weighted by molar-refractivity contribution is 9.10. The van der Waals surface area contributed by atoms with Crippen LogP contribution < -0.4 is 0 Å². The largest absolute Gasteiger partial charge is 0.481 e. The fourth-order valence-electron chi connectivity index (χ4n) is 2.08. The van der Waals surface area contributed by atoms with Gasteiger partial charge in [0.1, 0.15) is 0 Å². The van der Waals surface area contributed by atoms with Gasteiger partial charge in [0.05, 0.1) is 5.41 Å². The maximum absolute atomic E-state index is 12.4. The zero-order valence-corrected chi connectivity index (χ0v) is 12.9. The Morgan fingerprint density at radius 1 is 1.10 bits per heavy atom. The first-order chi connectivity index (χ1) is 9.33. The number of halogens is 1. The van der Waals surface area contributed by atoms with Crippen LogP contribution >= 0.6 is 15.9 Å². The van der Waals surface area contributed by atoms with E-state index in [0.717, 1.165) is 15.2 Å². The van der Waals surface area contributed by atoms with Crippen molar-refractivity contribution in [2.75, 3.05) is 0 Å². The van der Waals surface area contributed by atoms with E-state index >= 15 is 0 Å². The fraction of sp³-hybridized carbons (Fsp3) is 0.250. The second-order valence-electron chi connectivity index (χ2n) is 5.43. The smallest absolute Gasteiger partial charge is 0.309 e. The van der Waals surface area contributed by atoms with Crippen molar-refractivity contribution < 1.29 is 14.7 Å². The van der Waals surface area contributed by atoms with Gasteiger partial charge in [-0.05, 0) is 36.8 Å². The summed E-state index contributed by atoms with van der Waals surface area (Å²) in [6.07, 6.45) is -0.0199. The van der Waals surface area contributed by atoms with E-state index in [1.165, 1.54) is 0 Å². The van der Waals surface area contributed by atoms with Gasteiger partial charge in [0.2, 0.25) is 0 Å². The minimum atomic E-state index is -1.06. The molecule has 0 aromatic heterocycles. The molecule has 104 valence electrons. The minimum absolute atomic E-state index is 0.0199. The number of fused-ring (bicyclic) bond motifs is 1. The summed E-state index contributed by atoms with van der Waals surface area (Å²) in [6, 6.07) is 11.1. The molecule has 0 fully saturated rings. The molecule has 0 aliphatic rings. The number of ketones is 1. The van der Waals surface area contributed by atoms with Gasteiger partial charge in [-0.1, -0.05) is 40.2 Å². The van der Waals surface area contributed by atoms with E-state index in [-0.39, 0.29) is 12.2 Å². The summed E-state index contributed by atoms with van der Waals surface area (Å²) in [6.45, 7) is 3.13. The number of rotatable bonds is 4. The van der Waals surface area contributed by atoms with E-state index < -0.39 is 11.4 Å². The lowest BCUT2D eigenvalue weighted by molar-refractivity contribution is -0.146. The second kappa shape index (κ2) is 5.37. The Morgan fingerprint density at radius 3 is 2.30 bits per heavy atom. The number of carboxylic acids is 1. The molecule has 0 unspecified atom stereocenters. The molecule has 0 spiro atoms. The molecule has 0 heterocycles. The zero-order valence-electron chi connectivity index (χ0n) is 11.3. The van der Waals surface area contributed by atoms with Gasteiger partial charge >= 0.3 is 5.97 Å². The van der Waals surface area contributed by atoms with Crippen molar-refractivity contribution in [3.8, 4) is 0 Å². The van der Waals surface area contributed by atoms with E-state index in [1.54, 1.807) is 19.9 Å². The summed E-state index contributed by atoms with van der Waals surface area (Å²) in [5, 5.41) is 10.9. The van der Waals surface area contributed by atoms with E-state index in [0.29, 0.717) is 5.56 Å². The molecule has 2 aromatic carbocycles. The first-order valence-corrected chi connectivity index (χ1v) is 7.06. The van der Waals surface area contributed by atoms with Gasteiger partial charge in [-0.25, -0.2) is 0 Å². The molecule has 0 atom stereocenters. The molecular formula is C16H15BrO3. The monoisotopic (exact) mass is 334 g/mol. The van der Waals surface area contributed by atoms with Gasteiger partial charge in [0.15, 0.2) is 5.78 Å². The third-order valence-electron chi connectivity index (χ3n) is 3.35. The normalized spacial score (nSPS) is 11.6. The number of carbonyl (C=O) groups excluding carboxylic acids is 1. The molecule has 0 aliphatic heterocycles. The number of benzene rings is 2. The Kier molecular flexibility index (Phi) is 3.95. The summed E-state index contributed by atoms with van der Waals surface area (Å²) in [7, 11) is 0. The number of Topliss-reactive ketones (excluding diaryl/α,β-unsaturated/α-hetero) is 1. The van der Waals surface area contributed by atoms with Crippen LogP contribution in [0.4, 0.5) is 0 Å². The van der Waals surface area contributed by atoms with Gasteiger partial charge in [-0.2, -0.15) is 0 Å². The average molecular weight is 335 g/mol. The Bertz CT molecular complexity index is 689. The van der Waals surface area contributed by atoms with Crippen LogP contribution in [0.1, 0.15) is 30.6 Å². The van der Waals surface area contributed by atoms with Crippen molar-refractivity contribution in [3.05, 3.63) is 46.4 Å². The van der Waals surface area contributed by atoms with Gasteiger partial charge in [0, 0.05) is 16.5 Å². The zero-order chi connectivity index (χ0) is 14.9. The lowest BCUT2D eigenvalue weighted by Gasteiger charge is -2.18. The first-order valence-electron chi connectivity index (χ1n) is 6.27. The van der Waals surface area contributed by atoms with Crippen molar-refractivity contribution in [3.63, 3.8) is 0 Å². The van der Waals surface area contributed by atoms with Crippen LogP contribution in [0.25, 0.3) is 10.8 Å². The molecule has 1 N–H and O–H groups in total. The maximum Gasteiger partial charge on any atom is 0.309 e. The van der Waals surface area contributed by atoms with Gasteiger partial charge in [0.25, 0.3) is 0 Å². The van der Waals surface area contributed by atoms with Crippen LogP contribution in [0.3, 0.4) is 0 Å². The van der Waals surface area contributed by atoms with Crippen LogP contribution in [0, 0.1) is 5.41 Å². The highest BCUT2D eigenvalue weighted by Crippen LogP contribution is 2.30. The molecule has 3 nitrogen and oxygen atoms in total. The molecule has 0 saturated carbocycles. The van der Waals surface area contributed by atoms with Crippen molar-refractivity contribution in [1.29, 1.82) is 0 Å². The number of hydrogen-bond acceptors (Lipinski definition) is 2. The Labute approximate surface area is 125 Å². The molecule has 0 radical (unpaired) electrons. The number of hydrogen-bond donors (Lipinski definition) is 1. The second-order valence-corrected chi connectivity index (χ2v) is 6.28. The molecule has 2 rings (SSSR count). The van der Waals surface area contributed by atoms with Crippen LogP contribution in [0.5, 0.6) is 0 Å². The number of carboxylic acid groups (broad SMARTS) is 1. The maximum atomic E-state index is 12.4. The fourth-order valence-corrected chi connectivity index (χ4v) is 2.56. The SMILES string of the molecule is CC(C)(CC(=O)c1ccc(Br)c2ccccc12)C(=O)O. The van der Waals surface area contributed by atoms with Crippen LogP contribution in [0.15, 0.2) is 40.9 Å². The van der Waals surface area contributed by atoms with Crippen LogP contribution in [0.2, 0.25) is 0 Å². The quantitative estimate of drug-likeness (QED) is 0.848. The lowest BCUT2D eigenvalue weighted by atomic mass is 9.85. The highest BCUT2D eigenvalue weighted by Gasteiger charge is 2.31. The minimum Gasteiger partial charge on any atom is -0.481 e. The number of carbonyl (C=O) groups is 2. The summed E-state index contributed by atoms with van der Waals surface area (Å²) in [5.74, 6) is -1.12. The van der Waals surface area contributed by atoms with Crippen molar-refractivity contribution in [2.24, 2.45) is 5.41 Å². The Morgan fingerprint density at radius 2 is 1.70 bits per heavy atom. The molecule has 2 aromatic rings. The Hall–Kier alpha value is -1.68.